The van der Waals surface area contributed by atoms with Gasteiger partial charge in [0.1, 0.15) is 39.9 Å². The van der Waals surface area contributed by atoms with Crippen LogP contribution in [-0.4, -0.2) is 9.67 Å². The fourth-order valence-corrected chi connectivity index (χ4v) is 4.11. The number of nitrogens with zero attached hydrogens (tertiary/aromatic N) is 1. The summed E-state index contributed by atoms with van der Waals surface area (Å²) in [5.74, 6) is -4.64. The minimum atomic E-state index is -1.19. The van der Waals surface area contributed by atoms with E-state index in [0.717, 1.165) is 10.6 Å². The lowest BCUT2D eigenvalue weighted by Gasteiger charge is -2.17. The lowest BCUT2D eigenvalue weighted by molar-refractivity contribution is 0.296. The molecule has 1 N–H and O–H groups in total. The third kappa shape index (κ3) is 4.02. The molecule has 0 bridgehead atoms. The van der Waals surface area contributed by atoms with Crippen LogP contribution in [0.3, 0.4) is 0 Å². The number of ether oxygens (including phenoxy) is 1. The fourth-order valence-electron chi connectivity index (χ4n) is 2.66. The van der Waals surface area contributed by atoms with Crippen LogP contribution in [0.2, 0.25) is 0 Å². The van der Waals surface area contributed by atoms with Crippen LogP contribution in [0.4, 0.5) is 17.6 Å². The normalized spacial score (nSPS) is 11.1. The molecule has 0 amide bonds. The summed E-state index contributed by atoms with van der Waals surface area (Å²) in [5, 5.41) is 9.75. The number of pyridine rings is 1. The van der Waals surface area contributed by atoms with Crippen LogP contribution in [0.25, 0.3) is 5.69 Å². The lowest BCUT2D eigenvalue weighted by atomic mass is 10.2. The van der Waals surface area contributed by atoms with Crippen molar-refractivity contribution in [3.8, 4) is 17.2 Å². The molecule has 0 spiro atoms. The molecule has 3 aromatic rings. The van der Waals surface area contributed by atoms with Crippen molar-refractivity contribution < 1.29 is 27.4 Å². The Morgan fingerprint density at radius 3 is 2.17 bits per heavy atom. The first-order valence-electron chi connectivity index (χ1n) is 8.08. The minimum Gasteiger partial charge on any atom is -0.505 e. The third-order valence-electron chi connectivity index (χ3n) is 4.14. The summed E-state index contributed by atoms with van der Waals surface area (Å²) in [6.07, 6.45) is 0. The van der Waals surface area contributed by atoms with E-state index in [1.165, 1.54) is 19.1 Å². The Morgan fingerprint density at radius 1 is 1.00 bits per heavy atom. The van der Waals surface area contributed by atoms with Gasteiger partial charge in [0.2, 0.25) is 0 Å². The molecule has 0 saturated heterocycles. The maximum Gasteiger partial charge on any atom is 0.273 e. The Kier molecular flexibility index (Phi) is 6.63. The van der Waals surface area contributed by atoms with Gasteiger partial charge in [-0.1, -0.05) is 0 Å². The number of aryl methyl sites for hydroxylation is 1. The molecule has 0 fully saturated rings. The van der Waals surface area contributed by atoms with Crippen molar-refractivity contribution in [1.82, 2.24) is 4.57 Å². The Hall–Kier alpha value is -1.85. The van der Waals surface area contributed by atoms with Crippen molar-refractivity contribution in [2.24, 2.45) is 0 Å². The number of benzene rings is 2. The first-order valence-corrected chi connectivity index (χ1v) is 10.5. The number of rotatable bonds is 4. The molecular formula is C19H10Br3F4NO3. The minimum absolute atomic E-state index is 0.00444. The summed E-state index contributed by atoms with van der Waals surface area (Å²) in [7, 11) is 0. The number of halogens is 7. The molecule has 158 valence electrons. The van der Waals surface area contributed by atoms with Gasteiger partial charge in [-0.2, -0.15) is 0 Å². The Bertz CT molecular complexity index is 1200. The molecule has 1 heterocycles. The van der Waals surface area contributed by atoms with E-state index in [1.807, 2.05) is 0 Å². The number of aromatic hydroxyl groups is 1. The number of hydrogen-bond donors (Lipinski definition) is 1. The topological polar surface area (TPSA) is 51.5 Å². The highest BCUT2D eigenvalue weighted by Crippen LogP contribution is 2.40. The van der Waals surface area contributed by atoms with Crippen molar-refractivity contribution in [1.29, 1.82) is 0 Å². The zero-order valence-electron chi connectivity index (χ0n) is 14.9. The van der Waals surface area contributed by atoms with Crippen LogP contribution in [0.1, 0.15) is 11.3 Å². The summed E-state index contributed by atoms with van der Waals surface area (Å²) in [6.45, 7) is 1.10. The maximum absolute atomic E-state index is 14.7. The molecule has 0 aliphatic rings. The van der Waals surface area contributed by atoms with Gasteiger partial charge in [-0.25, -0.2) is 17.6 Å². The van der Waals surface area contributed by atoms with Gasteiger partial charge in [-0.05, 0) is 66.8 Å². The Balaban J connectivity index is 2.08. The van der Waals surface area contributed by atoms with E-state index < -0.39 is 49.2 Å². The van der Waals surface area contributed by atoms with Crippen LogP contribution in [0.5, 0.6) is 11.5 Å². The van der Waals surface area contributed by atoms with Gasteiger partial charge < -0.3 is 9.84 Å². The van der Waals surface area contributed by atoms with E-state index in [0.29, 0.717) is 6.07 Å². The van der Waals surface area contributed by atoms with Crippen LogP contribution < -0.4 is 10.3 Å². The van der Waals surface area contributed by atoms with E-state index in [1.54, 1.807) is 0 Å². The quantitative estimate of drug-likeness (QED) is 0.278. The first-order chi connectivity index (χ1) is 14.0. The van der Waals surface area contributed by atoms with Gasteiger partial charge in [0.25, 0.3) is 5.56 Å². The van der Waals surface area contributed by atoms with Crippen molar-refractivity contribution >= 4 is 47.8 Å². The summed E-state index contributed by atoms with van der Waals surface area (Å²) in [6, 6.07) is 4.28. The summed E-state index contributed by atoms with van der Waals surface area (Å²) in [5.41, 5.74) is -1.42. The van der Waals surface area contributed by atoms with E-state index in [4.69, 9.17) is 4.74 Å². The van der Waals surface area contributed by atoms with Crippen molar-refractivity contribution in [3.05, 3.63) is 82.6 Å². The standard InChI is InChI=1S/C19H10Br3F4NO3/c1-7-4-11(30-6-8-2-3-9(23)5-10(8)24)12(20)19(29)27(7)17-15(25)13(21)18(28)14(22)16(17)26/h2-5,28H,6H2,1H3. The summed E-state index contributed by atoms with van der Waals surface area (Å²) >= 11 is 8.68. The predicted octanol–water partition coefficient (Wildman–Crippen LogP) is 6.27. The second-order valence-electron chi connectivity index (χ2n) is 6.08. The number of aromatic nitrogens is 1. The molecule has 0 atom stereocenters. The molecule has 30 heavy (non-hydrogen) atoms. The lowest BCUT2D eigenvalue weighted by Crippen LogP contribution is -2.24. The molecule has 1 aromatic heterocycles. The molecule has 0 unspecified atom stereocenters. The number of hydrogen-bond acceptors (Lipinski definition) is 3. The van der Waals surface area contributed by atoms with Gasteiger partial charge in [-0.15, -0.1) is 0 Å². The number of phenols is 1. The highest BCUT2D eigenvalue weighted by atomic mass is 79.9. The largest absolute Gasteiger partial charge is 0.505 e. The van der Waals surface area contributed by atoms with Crippen molar-refractivity contribution in [2.45, 2.75) is 13.5 Å². The zero-order chi connectivity index (χ0) is 22.3. The fraction of sp³-hybridized carbons (Fsp3) is 0.105. The number of phenolic OH excluding ortho intramolecular Hbond substituents is 1. The monoisotopic (exact) mass is 613 g/mol. The van der Waals surface area contributed by atoms with Crippen LogP contribution >= 0.6 is 47.8 Å². The highest BCUT2D eigenvalue weighted by Gasteiger charge is 2.26. The molecule has 4 nitrogen and oxygen atoms in total. The zero-order valence-corrected chi connectivity index (χ0v) is 19.6. The highest BCUT2D eigenvalue weighted by molar-refractivity contribution is 9.11. The molecule has 0 saturated carbocycles. The third-order valence-corrected chi connectivity index (χ3v) is 6.32. The van der Waals surface area contributed by atoms with Crippen LogP contribution in [0.15, 0.2) is 42.5 Å². The second-order valence-corrected chi connectivity index (χ2v) is 8.46. The van der Waals surface area contributed by atoms with Gasteiger partial charge >= 0.3 is 0 Å². The predicted molar refractivity (Wildman–Crippen MR) is 112 cm³/mol. The molecule has 11 heteroatoms. The second kappa shape index (κ2) is 8.72. The van der Waals surface area contributed by atoms with Gasteiger partial charge in [0, 0.05) is 23.4 Å². The van der Waals surface area contributed by atoms with Crippen molar-refractivity contribution in [3.63, 3.8) is 0 Å². The molecule has 0 aliphatic carbocycles. The van der Waals surface area contributed by atoms with Crippen LogP contribution in [-0.2, 0) is 6.61 Å². The molecule has 0 aliphatic heterocycles. The SMILES string of the molecule is Cc1cc(OCc2ccc(F)cc2F)c(Br)c(=O)n1-c1c(F)c(Br)c(O)c(Br)c1F. The smallest absolute Gasteiger partial charge is 0.273 e. The molecule has 3 rings (SSSR count). The maximum atomic E-state index is 14.7. The average Bonchev–Trinajstić information content (AvgIpc) is 2.70. The Morgan fingerprint density at radius 2 is 1.60 bits per heavy atom. The van der Waals surface area contributed by atoms with Crippen LogP contribution in [0, 0.1) is 30.2 Å². The molecular weight excluding hydrogens is 606 g/mol. The summed E-state index contributed by atoms with van der Waals surface area (Å²) < 4.78 is 61.3. The van der Waals surface area contributed by atoms with Crippen molar-refractivity contribution in [2.75, 3.05) is 0 Å². The van der Waals surface area contributed by atoms with Gasteiger partial charge in [0.15, 0.2) is 11.6 Å². The van der Waals surface area contributed by atoms with E-state index in [-0.39, 0.29) is 28.1 Å². The Labute approximate surface area is 192 Å². The molecule has 2 aromatic carbocycles. The van der Waals surface area contributed by atoms with E-state index >= 15 is 0 Å². The van der Waals surface area contributed by atoms with E-state index in [2.05, 4.69) is 47.8 Å². The first kappa shape index (κ1) is 22.8. The van der Waals surface area contributed by atoms with Gasteiger partial charge in [0.05, 0.1) is 8.95 Å². The average molecular weight is 616 g/mol. The van der Waals surface area contributed by atoms with E-state index in [9.17, 15) is 27.5 Å². The molecule has 0 radical (unpaired) electrons. The van der Waals surface area contributed by atoms with Gasteiger partial charge in [-0.3, -0.25) is 9.36 Å². The summed E-state index contributed by atoms with van der Waals surface area (Å²) in [4.78, 5) is 12.8.